The zero-order valence-corrected chi connectivity index (χ0v) is 18.7. The smallest absolute Gasteiger partial charge is 0.256 e. The van der Waals surface area contributed by atoms with Crippen molar-refractivity contribution in [2.45, 2.75) is 26.9 Å². The Balaban J connectivity index is 1.44. The monoisotopic (exact) mass is 481 g/mol. The Morgan fingerprint density at radius 3 is 2.61 bits per heavy atom. The normalized spacial score (nSPS) is 11.0. The molecule has 0 spiro atoms. The molecule has 2 aromatic heterocycles. The van der Waals surface area contributed by atoms with E-state index in [1.807, 2.05) is 36.7 Å². The number of carbonyl (C=O) groups is 1. The molecule has 158 valence electrons. The molecule has 6 nitrogen and oxygen atoms in total. The van der Waals surface area contributed by atoms with E-state index in [0.717, 1.165) is 21.4 Å². The van der Waals surface area contributed by atoms with Crippen molar-refractivity contribution in [3.8, 4) is 0 Å². The maximum atomic E-state index is 13.8. The third-order valence-electron chi connectivity index (χ3n) is 4.99. The van der Waals surface area contributed by atoms with Crippen LogP contribution in [0.5, 0.6) is 0 Å². The molecular weight excluding hydrogens is 461 g/mol. The van der Waals surface area contributed by atoms with Gasteiger partial charge in [-0.05, 0) is 53.5 Å². The van der Waals surface area contributed by atoms with Gasteiger partial charge in [0.2, 0.25) is 0 Å². The Kier molecular flexibility index (Phi) is 5.99. The van der Waals surface area contributed by atoms with Crippen molar-refractivity contribution in [3.63, 3.8) is 0 Å². The van der Waals surface area contributed by atoms with Crippen molar-refractivity contribution in [2.75, 3.05) is 5.32 Å². The van der Waals surface area contributed by atoms with Crippen molar-refractivity contribution in [1.29, 1.82) is 0 Å². The molecule has 0 unspecified atom stereocenters. The van der Waals surface area contributed by atoms with Gasteiger partial charge in [-0.3, -0.25) is 14.2 Å². The highest BCUT2D eigenvalue weighted by Crippen LogP contribution is 2.21. The third-order valence-corrected chi connectivity index (χ3v) is 6.13. The number of hydrogen-bond donors (Lipinski definition) is 1. The summed E-state index contributed by atoms with van der Waals surface area (Å²) in [5.74, 6) is -0.128. The molecule has 2 heterocycles. The summed E-state index contributed by atoms with van der Waals surface area (Å²) < 4.78 is 18.3. The van der Waals surface area contributed by atoms with E-state index in [1.54, 1.807) is 41.2 Å². The number of aryl methyl sites for hydroxylation is 1. The lowest BCUT2D eigenvalue weighted by atomic mass is 10.1. The van der Waals surface area contributed by atoms with E-state index in [1.165, 1.54) is 6.07 Å². The first-order chi connectivity index (χ1) is 14.9. The number of benzene rings is 2. The highest BCUT2D eigenvalue weighted by atomic mass is 79.9. The molecular formula is C23H21BrFN5O. The van der Waals surface area contributed by atoms with Gasteiger partial charge in [-0.15, -0.1) is 0 Å². The molecule has 4 rings (SSSR count). The summed E-state index contributed by atoms with van der Waals surface area (Å²) in [7, 11) is 0. The average Bonchev–Trinajstić information content (AvgIpc) is 3.29. The molecule has 0 fully saturated rings. The van der Waals surface area contributed by atoms with E-state index in [0.29, 0.717) is 23.5 Å². The minimum atomic E-state index is -0.282. The number of rotatable bonds is 6. The molecule has 1 N–H and O–H groups in total. The lowest BCUT2D eigenvalue weighted by Gasteiger charge is -2.08. The minimum Gasteiger partial charge on any atom is -0.305 e. The van der Waals surface area contributed by atoms with E-state index in [9.17, 15) is 9.18 Å². The fraction of sp³-hybridized carbons (Fsp3) is 0.174. The fourth-order valence-electron chi connectivity index (χ4n) is 3.32. The fourth-order valence-corrected chi connectivity index (χ4v) is 3.60. The highest BCUT2D eigenvalue weighted by molar-refractivity contribution is 9.10. The van der Waals surface area contributed by atoms with E-state index < -0.39 is 0 Å². The molecule has 0 aliphatic carbocycles. The van der Waals surface area contributed by atoms with Crippen LogP contribution in [0.3, 0.4) is 0 Å². The van der Waals surface area contributed by atoms with Gasteiger partial charge in [-0.2, -0.15) is 10.2 Å². The summed E-state index contributed by atoms with van der Waals surface area (Å²) in [6, 6.07) is 15.7. The number of nitrogens with zero attached hydrogens (tertiary/aromatic N) is 4. The molecule has 0 radical (unpaired) electrons. The van der Waals surface area contributed by atoms with Gasteiger partial charge in [0.15, 0.2) is 5.82 Å². The van der Waals surface area contributed by atoms with Crippen LogP contribution in [-0.2, 0) is 13.1 Å². The summed E-state index contributed by atoms with van der Waals surface area (Å²) in [6.07, 6.45) is 1.71. The predicted octanol–water partition coefficient (Wildman–Crippen LogP) is 4.95. The maximum Gasteiger partial charge on any atom is 0.256 e. The van der Waals surface area contributed by atoms with Crippen LogP contribution in [0.25, 0.3) is 0 Å². The van der Waals surface area contributed by atoms with E-state index >= 15 is 0 Å². The average molecular weight is 482 g/mol. The minimum absolute atomic E-state index is 0.257. The largest absolute Gasteiger partial charge is 0.305 e. The molecule has 2 aromatic carbocycles. The number of nitrogens with one attached hydrogen (secondary N) is 1. The molecule has 8 heteroatoms. The van der Waals surface area contributed by atoms with Gasteiger partial charge in [0.25, 0.3) is 5.91 Å². The number of anilines is 1. The highest BCUT2D eigenvalue weighted by Gasteiger charge is 2.12. The molecule has 1 amide bonds. The van der Waals surface area contributed by atoms with E-state index in [-0.39, 0.29) is 18.3 Å². The zero-order valence-electron chi connectivity index (χ0n) is 17.1. The van der Waals surface area contributed by atoms with E-state index in [4.69, 9.17) is 0 Å². The van der Waals surface area contributed by atoms with Gasteiger partial charge in [-0.1, -0.05) is 30.3 Å². The third kappa shape index (κ3) is 4.74. The first kappa shape index (κ1) is 21.0. The van der Waals surface area contributed by atoms with Crippen LogP contribution in [0.4, 0.5) is 10.2 Å². The molecule has 31 heavy (non-hydrogen) atoms. The van der Waals surface area contributed by atoms with Crippen LogP contribution in [0.2, 0.25) is 0 Å². The Bertz CT molecular complexity index is 1250. The number of halogens is 2. The Labute approximate surface area is 187 Å². The molecule has 0 atom stereocenters. The summed E-state index contributed by atoms with van der Waals surface area (Å²) in [6.45, 7) is 4.80. The van der Waals surface area contributed by atoms with Crippen LogP contribution >= 0.6 is 15.9 Å². The summed E-state index contributed by atoms with van der Waals surface area (Å²) in [4.78, 5) is 12.7. The Hall–Kier alpha value is -3.26. The van der Waals surface area contributed by atoms with Crippen LogP contribution in [0.1, 0.15) is 32.9 Å². The summed E-state index contributed by atoms with van der Waals surface area (Å²) >= 11 is 3.54. The van der Waals surface area contributed by atoms with E-state index in [2.05, 4.69) is 31.4 Å². The van der Waals surface area contributed by atoms with Crippen LogP contribution in [-0.4, -0.2) is 25.5 Å². The molecule has 4 aromatic rings. The lowest BCUT2D eigenvalue weighted by Crippen LogP contribution is -2.14. The van der Waals surface area contributed by atoms with Crippen molar-refractivity contribution >= 4 is 27.7 Å². The van der Waals surface area contributed by atoms with Gasteiger partial charge in [0.05, 0.1) is 29.0 Å². The first-order valence-electron chi connectivity index (χ1n) is 9.77. The molecule has 0 saturated heterocycles. The molecule has 0 bridgehead atoms. The van der Waals surface area contributed by atoms with Crippen molar-refractivity contribution in [1.82, 2.24) is 19.6 Å². The van der Waals surface area contributed by atoms with Crippen LogP contribution < -0.4 is 5.32 Å². The molecule has 0 aliphatic rings. The molecule has 0 aliphatic heterocycles. The standard InChI is InChI=1S/C23H21BrFN5O/c1-15-22(24)16(2)30(27-15)13-17-6-5-8-18(12-17)23(31)26-21-10-11-29(28-21)14-19-7-3-4-9-20(19)25/h3-12H,13-14H2,1-2H3,(H,26,28,31). The first-order valence-corrected chi connectivity index (χ1v) is 10.6. The van der Waals surface area contributed by atoms with Crippen molar-refractivity contribution in [3.05, 3.63) is 99.2 Å². The second kappa shape index (κ2) is 8.85. The SMILES string of the molecule is Cc1nn(Cc2cccc(C(=O)Nc3ccn(Cc4ccccc4F)n3)c2)c(C)c1Br. The van der Waals surface area contributed by atoms with Gasteiger partial charge in [-0.25, -0.2) is 4.39 Å². The summed E-state index contributed by atoms with van der Waals surface area (Å²) in [5.41, 5.74) is 4.00. The quantitative estimate of drug-likeness (QED) is 0.423. The van der Waals surface area contributed by atoms with Gasteiger partial charge < -0.3 is 5.32 Å². The van der Waals surface area contributed by atoms with Crippen molar-refractivity contribution < 1.29 is 9.18 Å². The predicted molar refractivity (Wildman–Crippen MR) is 121 cm³/mol. The maximum absolute atomic E-state index is 13.8. The Morgan fingerprint density at radius 2 is 1.87 bits per heavy atom. The number of aromatic nitrogens is 4. The molecule has 0 saturated carbocycles. The van der Waals surface area contributed by atoms with Gasteiger partial charge >= 0.3 is 0 Å². The zero-order chi connectivity index (χ0) is 22.0. The van der Waals surface area contributed by atoms with Gasteiger partial charge in [0, 0.05) is 23.4 Å². The second-order valence-corrected chi connectivity index (χ2v) is 8.08. The number of amides is 1. The number of hydrogen-bond acceptors (Lipinski definition) is 3. The summed E-state index contributed by atoms with van der Waals surface area (Å²) in [5, 5.41) is 11.6. The topological polar surface area (TPSA) is 64.7 Å². The lowest BCUT2D eigenvalue weighted by molar-refractivity contribution is 0.102. The van der Waals surface area contributed by atoms with Crippen LogP contribution in [0, 0.1) is 19.7 Å². The van der Waals surface area contributed by atoms with Gasteiger partial charge in [0.1, 0.15) is 5.82 Å². The second-order valence-electron chi connectivity index (χ2n) is 7.29. The Morgan fingerprint density at radius 1 is 1.06 bits per heavy atom. The number of carbonyl (C=O) groups excluding carboxylic acids is 1. The van der Waals surface area contributed by atoms with Crippen molar-refractivity contribution in [2.24, 2.45) is 0 Å². The van der Waals surface area contributed by atoms with Crippen LogP contribution in [0.15, 0.2) is 65.3 Å².